The number of amidine groups is 1. The summed E-state index contributed by atoms with van der Waals surface area (Å²) >= 11 is -1.72. The van der Waals surface area contributed by atoms with Gasteiger partial charge in [0.2, 0.25) is 0 Å². The zero-order valence-corrected chi connectivity index (χ0v) is 9.01. The molecule has 84 valence electrons. The quantitative estimate of drug-likeness (QED) is 0.569. The molecule has 3 heterocycles. The lowest BCUT2D eigenvalue weighted by Gasteiger charge is -2.39. The van der Waals surface area contributed by atoms with Crippen molar-refractivity contribution in [1.82, 2.24) is 4.90 Å². The van der Waals surface area contributed by atoms with Crippen LogP contribution in [0.4, 0.5) is 0 Å². The molecule has 3 aliphatic heterocycles. The molecule has 3 rings (SSSR count). The van der Waals surface area contributed by atoms with Crippen molar-refractivity contribution in [3.8, 4) is 0 Å². The number of aliphatic hydroxyl groups is 1. The number of hydrogen-bond acceptors (Lipinski definition) is 6. The summed E-state index contributed by atoms with van der Waals surface area (Å²) in [7, 11) is 0. The van der Waals surface area contributed by atoms with Gasteiger partial charge in [-0.25, -0.2) is 0 Å². The Kier molecular flexibility index (Phi) is 2.10. The van der Waals surface area contributed by atoms with Crippen LogP contribution in [0.1, 0.15) is 6.92 Å². The smallest absolute Gasteiger partial charge is 0.305 e. The molecule has 0 aromatic heterocycles. The third-order valence-electron chi connectivity index (χ3n) is 3.17. The van der Waals surface area contributed by atoms with Crippen molar-refractivity contribution in [3.05, 3.63) is 0 Å². The maximum absolute atomic E-state index is 11.1. The Morgan fingerprint density at radius 3 is 3.07 bits per heavy atom. The molecule has 6 nitrogen and oxygen atoms in total. The van der Waals surface area contributed by atoms with E-state index in [9.17, 15) is 9.32 Å². The first-order valence-electron chi connectivity index (χ1n) is 4.88. The molecule has 15 heavy (non-hydrogen) atoms. The predicted molar refractivity (Wildman–Crippen MR) is 52.4 cm³/mol. The number of piperidine rings is 1. The molecule has 2 fully saturated rings. The fourth-order valence-electron chi connectivity index (χ4n) is 2.39. The predicted octanol–water partition coefficient (Wildman–Crippen LogP) is -1.17. The summed E-state index contributed by atoms with van der Waals surface area (Å²) in [5, 5.41) is 9.83. The van der Waals surface area contributed by atoms with E-state index in [0.717, 1.165) is 5.84 Å². The van der Waals surface area contributed by atoms with Crippen molar-refractivity contribution < 1.29 is 17.7 Å². The molecule has 0 spiro atoms. The number of fused-ring (bicyclic) bond motifs is 3. The van der Waals surface area contributed by atoms with E-state index in [1.54, 1.807) is 0 Å². The molecular weight excluding hydrogens is 220 g/mol. The van der Waals surface area contributed by atoms with E-state index in [1.807, 2.05) is 11.8 Å². The molecule has 2 saturated heterocycles. The first kappa shape index (κ1) is 9.71. The van der Waals surface area contributed by atoms with E-state index in [-0.39, 0.29) is 12.1 Å². The van der Waals surface area contributed by atoms with Crippen LogP contribution in [-0.2, 0) is 19.7 Å². The van der Waals surface area contributed by atoms with Crippen molar-refractivity contribution in [2.24, 2.45) is 4.99 Å². The van der Waals surface area contributed by atoms with Crippen LogP contribution in [-0.4, -0.2) is 57.5 Å². The molecule has 0 bridgehead atoms. The van der Waals surface area contributed by atoms with Crippen LogP contribution in [0.15, 0.2) is 4.99 Å². The van der Waals surface area contributed by atoms with Gasteiger partial charge in [0.25, 0.3) is 0 Å². The minimum Gasteiger partial charge on any atom is -0.388 e. The molecule has 0 aliphatic carbocycles. The Labute approximate surface area is 89.7 Å². The highest BCUT2D eigenvalue weighted by molar-refractivity contribution is 7.75. The second-order valence-electron chi connectivity index (χ2n) is 4.00. The third-order valence-corrected chi connectivity index (χ3v) is 3.93. The van der Waals surface area contributed by atoms with E-state index >= 15 is 0 Å². The van der Waals surface area contributed by atoms with Crippen molar-refractivity contribution in [2.75, 3.05) is 13.1 Å². The summed E-state index contributed by atoms with van der Waals surface area (Å²) in [5.41, 5.74) is 0. The van der Waals surface area contributed by atoms with Gasteiger partial charge < -0.3 is 10.0 Å². The lowest BCUT2D eigenvalue weighted by atomic mass is 9.95. The Bertz CT molecular complexity index is 348. The number of hydrogen-bond donors (Lipinski definition) is 1. The standard InChI is InChI=1S/C8H12N2O4S/c1-4-9-2-5-7-8(14-15(12)13-7)6(11)3-10(4)5/h5-8,11H,2-3H2,1H3. The van der Waals surface area contributed by atoms with Gasteiger partial charge in [0, 0.05) is 6.54 Å². The van der Waals surface area contributed by atoms with Gasteiger partial charge in [-0.15, -0.1) is 0 Å². The Hall–Kier alpha value is -0.500. The summed E-state index contributed by atoms with van der Waals surface area (Å²) in [6.07, 6.45) is -1.48. The fraction of sp³-hybridized carbons (Fsp3) is 0.875. The average molecular weight is 232 g/mol. The van der Waals surface area contributed by atoms with E-state index in [4.69, 9.17) is 8.37 Å². The van der Waals surface area contributed by atoms with E-state index < -0.39 is 23.6 Å². The van der Waals surface area contributed by atoms with Crippen LogP contribution in [0, 0.1) is 0 Å². The van der Waals surface area contributed by atoms with E-state index in [2.05, 4.69) is 4.99 Å². The minimum atomic E-state index is -1.72. The second-order valence-corrected chi connectivity index (χ2v) is 4.79. The van der Waals surface area contributed by atoms with Crippen molar-refractivity contribution >= 4 is 17.2 Å². The molecule has 7 heteroatoms. The number of aliphatic hydroxyl groups excluding tert-OH is 1. The van der Waals surface area contributed by atoms with Crippen molar-refractivity contribution in [1.29, 1.82) is 0 Å². The Morgan fingerprint density at radius 1 is 1.53 bits per heavy atom. The maximum atomic E-state index is 11.1. The van der Waals surface area contributed by atoms with Crippen LogP contribution in [0.5, 0.6) is 0 Å². The first-order valence-corrected chi connectivity index (χ1v) is 5.88. The maximum Gasteiger partial charge on any atom is 0.305 e. The molecule has 1 N–H and O–H groups in total. The van der Waals surface area contributed by atoms with Crippen LogP contribution in [0.25, 0.3) is 0 Å². The van der Waals surface area contributed by atoms with Gasteiger partial charge in [0.05, 0.1) is 18.4 Å². The number of nitrogens with zero attached hydrogens (tertiary/aromatic N) is 2. The number of rotatable bonds is 0. The molecule has 3 aliphatic rings. The third kappa shape index (κ3) is 1.34. The molecule has 0 saturated carbocycles. The monoisotopic (exact) mass is 232 g/mol. The van der Waals surface area contributed by atoms with Crippen molar-refractivity contribution in [2.45, 2.75) is 31.3 Å². The highest BCUT2D eigenvalue weighted by Crippen LogP contribution is 2.32. The van der Waals surface area contributed by atoms with Crippen molar-refractivity contribution in [3.63, 3.8) is 0 Å². The van der Waals surface area contributed by atoms with Gasteiger partial charge in [-0.2, -0.15) is 4.21 Å². The molecule has 0 aromatic rings. The summed E-state index contributed by atoms with van der Waals surface area (Å²) < 4.78 is 21.3. The summed E-state index contributed by atoms with van der Waals surface area (Å²) in [6, 6.07) is 0.0600. The lowest BCUT2D eigenvalue weighted by Crippen LogP contribution is -2.60. The van der Waals surface area contributed by atoms with Crippen LogP contribution >= 0.6 is 0 Å². The zero-order valence-electron chi connectivity index (χ0n) is 8.20. The van der Waals surface area contributed by atoms with Gasteiger partial charge >= 0.3 is 11.4 Å². The largest absolute Gasteiger partial charge is 0.388 e. The highest BCUT2D eigenvalue weighted by atomic mass is 32.2. The van der Waals surface area contributed by atoms with Gasteiger partial charge in [0.15, 0.2) is 0 Å². The summed E-state index contributed by atoms with van der Waals surface area (Å²) in [5.74, 6) is 0.902. The van der Waals surface area contributed by atoms with E-state index in [1.165, 1.54) is 0 Å². The molecule has 5 atom stereocenters. The minimum absolute atomic E-state index is 0.0600. The number of aliphatic imine (C=N–C) groups is 1. The van der Waals surface area contributed by atoms with Gasteiger partial charge in [-0.05, 0) is 6.92 Å². The van der Waals surface area contributed by atoms with Crippen LogP contribution in [0.3, 0.4) is 0 Å². The highest BCUT2D eigenvalue weighted by Gasteiger charge is 2.52. The molecule has 0 radical (unpaired) electrons. The second kappa shape index (κ2) is 3.24. The first-order chi connectivity index (χ1) is 7.16. The molecule has 5 unspecified atom stereocenters. The molecule has 0 aromatic carbocycles. The van der Waals surface area contributed by atoms with Crippen LogP contribution < -0.4 is 0 Å². The van der Waals surface area contributed by atoms with Gasteiger partial charge in [-0.1, -0.05) is 0 Å². The van der Waals surface area contributed by atoms with Crippen LogP contribution in [0.2, 0.25) is 0 Å². The SMILES string of the molecule is CC1=NCC2C3OS(=O)OC3C(O)CN12. The van der Waals surface area contributed by atoms with Gasteiger partial charge in [-0.3, -0.25) is 13.4 Å². The Morgan fingerprint density at radius 2 is 2.27 bits per heavy atom. The zero-order chi connectivity index (χ0) is 10.6. The molecule has 0 amide bonds. The summed E-state index contributed by atoms with van der Waals surface area (Å²) in [6.45, 7) is 3.00. The topological polar surface area (TPSA) is 71.4 Å². The average Bonchev–Trinajstić information content (AvgIpc) is 2.71. The Balaban J connectivity index is 1.89. The van der Waals surface area contributed by atoms with Gasteiger partial charge in [0.1, 0.15) is 18.3 Å². The normalized spacial score (nSPS) is 48.8. The lowest BCUT2D eigenvalue weighted by molar-refractivity contribution is -0.0504. The van der Waals surface area contributed by atoms with E-state index in [0.29, 0.717) is 13.1 Å². The fourth-order valence-corrected chi connectivity index (χ4v) is 3.27. The molecular formula is C8H12N2O4S. The summed E-state index contributed by atoms with van der Waals surface area (Å²) in [4.78, 5) is 6.30.